The van der Waals surface area contributed by atoms with Crippen molar-refractivity contribution in [2.45, 2.75) is 51.6 Å². The van der Waals surface area contributed by atoms with E-state index in [9.17, 15) is 4.79 Å². The predicted molar refractivity (Wildman–Crippen MR) is 108 cm³/mol. The van der Waals surface area contributed by atoms with Gasteiger partial charge < -0.3 is 9.80 Å². The molecule has 0 N–H and O–H groups in total. The first-order chi connectivity index (χ1) is 13.2. The molecule has 1 unspecified atom stereocenters. The van der Waals surface area contributed by atoms with Gasteiger partial charge in [-0.3, -0.25) is 9.48 Å². The number of hydrogen-bond acceptors (Lipinski definition) is 3. The number of carbonyl (C=O) groups excluding carboxylic acids is 1. The lowest BCUT2D eigenvalue weighted by molar-refractivity contribution is 0.0560. The largest absolute Gasteiger partial charge is 0.334 e. The van der Waals surface area contributed by atoms with E-state index in [1.807, 2.05) is 35.3 Å². The van der Waals surface area contributed by atoms with Crippen LogP contribution in [0.3, 0.4) is 0 Å². The molecule has 1 aromatic carbocycles. The molecule has 144 valence electrons. The van der Waals surface area contributed by atoms with Crippen LogP contribution in [0.15, 0.2) is 36.7 Å². The molecule has 0 radical (unpaired) electrons. The van der Waals surface area contributed by atoms with Crippen molar-refractivity contribution in [2.24, 2.45) is 0 Å². The smallest absolute Gasteiger partial charge is 0.254 e. The number of likely N-dealkylation sites (tertiary alicyclic amines) is 2. The molecule has 3 heterocycles. The summed E-state index contributed by atoms with van der Waals surface area (Å²) in [7, 11) is 0. The van der Waals surface area contributed by atoms with Gasteiger partial charge in [-0.25, -0.2) is 0 Å². The first-order valence-corrected chi connectivity index (χ1v) is 10.4. The maximum absolute atomic E-state index is 13.3. The highest BCUT2D eigenvalue weighted by molar-refractivity contribution is 5.95. The van der Waals surface area contributed by atoms with E-state index in [-0.39, 0.29) is 5.91 Å². The molecule has 0 bridgehead atoms. The molecule has 4 rings (SSSR count). The third-order valence-electron chi connectivity index (χ3n) is 5.96. The maximum Gasteiger partial charge on any atom is 0.254 e. The maximum atomic E-state index is 13.3. The number of carbonyl (C=O) groups is 1. The van der Waals surface area contributed by atoms with Gasteiger partial charge >= 0.3 is 0 Å². The quantitative estimate of drug-likeness (QED) is 0.811. The summed E-state index contributed by atoms with van der Waals surface area (Å²) in [5, 5.41) is 4.36. The Bertz CT molecular complexity index is 778. The molecule has 1 amide bonds. The Morgan fingerprint density at radius 1 is 1.11 bits per heavy atom. The molecule has 0 saturated carbocycles. The SMILES string of the molecule is CCn1cc(-c2cccc(C(=O)N3CCCCC3CN3CCCC3)c2)cn1. The number of rotatable bonds is 5. The second-order valence-corrected chi connectivity index (χ2v) is 7.82. The van der Waals surface area contributed by atoms with Crippen molar-refractivity contribution in [3.05, 3.63) is 42.2 Å². The van der Waals surface area contributed by atoms with E-state index in [0.717, 1.165) is 49.2 Å². The molecule has 2 aliphatic rings. The fraction of sp³-hybridized carbons (Fsp3) is 0.545. The number of amides is 1. The van der Waals surface area contributed by atoms with E-state index in [4.69, 9.17) is 0 Å². The molecule has 2 aromatic rings. The Morgan fingerprint density at radius 2 is 1.93 bits per heavy atom. The Hall–Kier alpha value is -2.14. The number of piperidine rings is 1. The minimum Gasteiger partial charge on any atom is -0.334 e. The zero-order valence-electron chi connectivity index (χ0n) is 16.3. The van der Waals surface area contributed by atoms with Crippen LogP contribution in [-0.4, -0.2) is 57.7 Å². The lowest BCUT2D eigenvalue weighted by Gasteiger charge is -2.38. The van der Waals surface area contributed by atoms with Crippen molar-refractivity contribution in [2.75, 3.05) is 26.2 Å². The van der Waals surface area contributed by atoms with Crippen LogP contribution in [0.5, 0.6) is 0 Å². The van der Waals surface area contributed by atoms with Crippen LogP contribution in [0.25, 0.3) is 11.1 Å². The number of nitrogens with zero attached hydrogens (tertiary/aromatic N) is 4. The fourth-order valence-electron chi connectivity index (χ4n) is 4.40. The summed E-state index contributed by atoms with van der Waals surface area (Å²) in [6.07, 6.45) is 10.0. The summed E-state index contributed by atoms with van der Waals surface area (Å²) in [5.74, 6) is 0.184. The standard InChI is InChI=1S/C22H30N4O/c1-2-25-16-20(15-23-25)18-8-7-9-19(14-18)22(27)26-13-4-3-10-21(26)17-24-11-5-6-12-24/h7-9,14-16,21H,2-6,10-13,17H2,1H3. The third-order valence-corrected chi connectivity index (χ3v) is 5.96. The number of hydrogen-bond donors (Lipinski definition) is 0. The number of aryl methyl sites for hydroxylation is 1. The van der Waals surface area contributed by atoms with E-state index in [1.54, 1.807) is 0 Å². The van der Waals surface area contributed by atoms with Crippen LogP contribution >= 0.6 is 0 Å². The Morgan fingerprint density at radius 3 is 2.70 bits per heavy atom. The van der Waals surface area contributed by atoms with Crippen LogP contribution in [0.2, 0.25) is 0 Å². The first kappa shape index (κ1) is 18.2. The summed E-state index contributed by atoms with van der Waals surface area (Å²) in [6.45, 7) is 7.23. The van der Waals surface area contributed by atoms with Gasteiger partial charge in [-0.05, 0) is 69.8 Å². The third kappa shape index (κ3) is 4.08. The second-order valence-electron chi connectivity index (χ2n) is 7.82. The monoisotopic (exact) mass is 366 g/mol. The molecular formula is C22H30N4O. The van der Waals surface area contributed by atoms with Crippen molar-refractivity contribution in [3.8, 4) is 11.1 Å². The van der Waals surface area contributed by atoms with Gasteiger partial charge in [0.15, 0.2) is 0 Å². The van der Waals surface area contributed by atoms with Crippen LogP contribution in [0.1, 0.15) is 49.4 Å². The van der Waals surface area contributed by atoms with E-state index < -0.39 is 0 Å². The highest BCUT2D eigenvalue weighted by atomic mass is 16.2. The van der Waals surface area contributed by atoms with Crippen molar-refractivity contribution >= 4 is 5.91 Å². The van der Waals surface area contributed by atoms with Crippen LogP contribution in [-0.2, 0) is 6.54 Å². The second kappa shape index (κ2) is 8.26. The summed E-state index contributed by atoms with van der Waals surface area (Å²) in [4.78, 5) is 18.0. The Labute approximate surface area is 162 Å². The molecule has 2 aliphatic heterocycles. The summed E-state index contributed by atoms with van der Waals surface area (Å²) in [5.41, 5.74) is 2.93. The molecule has 0 spiro atoms. The molecular weight excluding hydrogens is 336 g/mol. The molecule has 1 aromatic heterocycles. The number of aromatic nitrogens is 2. The van der Waals surface area contributed by atoms with Gasteiger partial charge in [0.1, 0.15) is 0 Å². The molecule has 5 heteroatoms. The topological polar surface area (TPSA) is 41.4 Å². The van der Waals surface area contributed by atoms with Crippen molar-refractivity contribution < 1.29 is 4.79 Å². The lowest BCUT2D eigenvalue weighted by atomic mass is 9.99. The van der Waals surface area contributed by atoms with Gasteiger partial charge in [0.25, 0.3) is 5.91 Å². The zero-order valence-corrected chi connectivity index (χ0v) is 16.3. The minimum absolute atomic E-state index is 0.184. The zero-order chi connectivity index (χ0) is 18.6. The van der Waals surface area contributed by atoms with Gasteiger partial charge in [-0.2, -0.15) is 5.10 Å². The molecule has 2 saturated heterocycles. The van der Waals surface area contributed by atoms with Crippen LogP contribution in [0, 0.1) is 0 Å². The van der Waals surface area contributed by atoms with Gasteiger partial charge in [0.05, 0.1) is 6.20 Å². The lowest BCUT2D eigenvalue weighted by Crippen LogP contribution is -2.49. The van der Waals surface area contributed by atoms with Crippen LogP contribution in [0.4, 0.5) is 0 Å². The summed E-state index contributed by atoms with van der Waals surface area (Å²) >= 11 is 0. The van der Waals surface area contributed by atoms with E-state index in [1.165, 1.54) is 32.4 Å². The Balaban J connectivity index is 1.52. The van der Waals surface area contributed by atoms with Gasteiger partial charge in [0.2, 0.25) is 0 Å². The average molecular weight is 367 g/mol. The fourth-order valence-corrected chi connectivity index (χ4v) is 4.40. The molecule has 1 atom stereocenters. The normalized spacial score (nSPS) is 20.9. The van der Waals surface area contributed by atoms with Crippen LogP contribution < -0.4 is 0 Å². The molecule has 5 nitrogen and oxygen atoms in total. The predicted octanol–water partition coefficient (Wildman–Crippen LogP) is 3.66. The van der Waals surface area contributed by atoms with E-state index in [2.05, 4.69) is 27.9 Å². The molecule has 27 heavy (non-hydrogen) atoms. The number of benzene rings is 1. The summed E-state index contributed by atoms with van der Waals surface area (Å²) in [6, 6.07) is 8.39. The first-order valence-electron chi connectivity index (χ1n) is 10.4. The van der Waals surface area contributed by atoms with Gasteiger partial charge in [-0.15, -0.1) is 0 Å². The minimum atomic E-state index is 0.184. The highest BCUT2D eigenvalue weighted by Gasteiger charge is 2.29. The van der Waals surface area contributed by atoms with Gasteiger partial charge in [-0.1, -0.05) is 12.1 Å². The van der Waals surface area contributed by atoms with Crippen molar-refractivity contribution in [1.29, 1.82) is 0 Å². The summed E-state index contributed by atoms with van der Waals surface area (Å²) < 4.78 is 1.92. The van der Waals surface area contributed by atoms with E-state index in [0.29, 0.717) is 6.04 Å². The van der Waals surface area contributed by atoms with Gasteiger partial charge in [0, 0.05) is 43.0 Å². The molecule has 0 aliphatic carbocycles. The highest BCUT2D eigenvalue weighted by Crippen LogP contribution is 2.25. The van der Waals surface area contributed by atoms with E-state index >= 15 is 0 Å². The Kier molecular flexibility index (Phi) is 5.58. The van der Waals surface area contributed by atoms with Crippen molar-refractivity contribution in [3.63, 3.8) is 0 Å². The molecule has 2 fully saturated rings. The van der Waals surface area contributed by atoms with Crippen molar-refractivity contribution in [1.82, 2.24) is 19.6 Å². The average Bonchev–Trinajstić information content (AvgIpc) is 3.40.